The smallest absolute Gasteiger partial charge is 0.331 e. The minimum Gasteiger partial charge on any atom is -0.449 e. The van der Waals surface area contributed by atoms with E-state index in [1.165, 1.54) is 6.08 Å². The molecule has 1 atom stereocenters. The van der Waals surface area contributed by atoms with Crippen LogP contribution in [0.3, 0.4) is 0 Å². The third-order valence-electron chi connectivity index (χ3n) is 4.34. The summed E-state index contributed by atoms with van der Waals surface area (Å²) in [6.07, 6.45) is 2.08. The standard InChI is InChI=1S/C20H25N3O3/c1-12-8-7-9-13(2)19(12)21-20(25)16(5)26-18(24)11-10-17-14(3)22-23(6)15(17)4/h7-11,16H,1-6H3,(H,21,25)/b11-10+/t16-/m1/s1. The first-order chi connectivity index (χ1) is 12.2. The molecule has 0 spiro atoms. The maximum Gasteiger partial charge on any atom is 0.331 e. The lowest BCUT2D eigenvalue weighted by Crippen LogP contribution is -2.30. The Hall–Kier alpha value is -2.89. The second-order valence-corrected chi connectivity index (χ2v) is 6.38. The molecule has 0 aliphatic carbocycles. The largest absolute Gasteiger partial charge is 0.449 e. The monoisotopic (exact) mass is 355 g/mol. The fourth-order valence-corrected chi connectivity index (χ4v) is 2.69. The van der Waals surface area contributed by atoms with Gasteiger partial charge in [-0.25, -0.2) is 4.79 Å². The number of amides is 1. The number of hydrogen-bond acceptors (Lipinski definition) is 4. The molecule has 0 saturated heterocycles. The molecule has 1 heterocycles. The Balaban J connectivity index is 2.00. The number of nitrogens with zero attached hydrogens (tertiary/aromatic N) is 2. The van der Waals surface area contributed by atoms with Crippen molar-refractivity contribution >= 4 is 23.6 Å². The highest BCUT2D eigenvalue weighted by molar-refractivity contribution is 5.97. The highest BCUT2D eigenvalue weighted by atomic mass is 16.5. The average molecular weight is 355 g/mol. The van der Waals surface area contributed by atoms with Gasteiger partial charge in [0.15, 0.2) is 6.10 Å². The Kier molecular flexibility index (Phi) is 5.97. The lowest BCUT2D eigenvalue weighted by Gasteiger charge is -2.15. The molecule has 1 aromatic carbocycles. The molecule has 0 saturated carbocycles. The number of rotatable bonds is 5. The van der Waals surface area contributed by atoms with Gasteiger partial charge in [0.2, 0.25) is 0 Å². The minimum absolute atomic E-state index is 0.363. The summed E-state index contributed by atoms with van der Waals surface area (Å²) >= 11 is 0. The van der Waals surface area contributed by atoms with Gasteiger partial charge in [0.1, 0.15) is 0 Å². The highest BCUT2D eigenvalue weighted by Gasteiger charge is 2.18. The zero-order valence-electron chi connectivity index (χ0n) is 16.1. The number of benzene rings is 1. The van der Waals surface area contributed by atoms with Gasteiger partial charge in [-0.3, -0.25) is 9.48 Å². The van der Waals surface area contributed by atoms with Crippen LogP contribution in [0.15, 0.2) is 24.3 Å². The van der Waals surface area contributed by atoms with Gasteiger partial charge in [-0.2, -0.15) is 5.10 Å². The third kappa shape index (κ3) is 4.39. The van der Waals surface area contributed by atoms with Gasteiger partial charge in [-0.05, 0) is 51.8 Å². The second kappa shape index (κ2) is 7.99. The van der Waals surface area contributed by atoms with Crippen LogP contribution in [0.1, 0.15) is 35.0 Å². The Morgan fingerprint density at radius 2 is 1.81 bits per heavy atom. The highest BCUT2D eigenvalue weighted by Crippen LogP contribution is 2.20. The normalized spacial score (nSPS) is 12.2. The quantitative estimate of drug-likeness (QED) is 0.660. The van der Waals surface area contributed by atoms with Crippen LogP contribution in [0.25, 0.3) is 6.08 Å². The van der Waals surface area contributed by atoms with Gasteiger partial charge in [-0.15, -0.1) is 0 Å². The number of ether oxygens (including phenoxy) is 1. The maximum atomic E-state index is 12.3. The summed E-state index contributed by atoms with van der Waals surface area (Å²) in [4.78, 5) is 24.3. The van der Waals surface area contributed by atoms with E-state index in [-0.39, 0.29) is 5.91 Å². The minimum atomic E-state index is -0.901. The SMILES string of the molecule is Cc1cccc(C)c1NC(=O)[C@@H](C)OC(=O)/C=C/c1c(C)nn(C)c1C. The summed E-state index contributed by atoms with van der Waals surface area (Å²) in [5.41, 5.74) is 5.32. The molecule has 1 N–H and O–H groups in total. The van der Waals surface area contributed by atoms with E-state index in [0.29, 0.717) is 0 Å². The van der Waals surface area contributed by atoms with Gasteiger partial charge in [0, 0.05) is 30.1 Å². The maximum absolute atomic E-state index is 12.3. The lowest BCUT2D eigenvalue weighted by atomic mass is 10.1. The van der Waals surface area contributed by atoms with Crippen molar-refractivity contribution in [2.75, 3.05) is 5.32 Å². The van der Waals surface area contributed by atoms with Gasteiger partial charge >= 0.3 is 5.97 Å². The number of esters is 1. The van der Waals surface area contributed by atoms with Crippen molar-refractivity contribution in [3.05, 3.63) is 52.4 Å². The van der Waals surface area contributed by atoms with E-state index in [4.69, 9.17) is 4.74 Å². The zero-order valence-corrected chi connectivity index (χ0v) is 16.1. The Morgan fingerprint density at radius 3 is 2.35 bits per heavy atom. The zero-order chi connectivity index (χ0) is 19.4. The molecule has 0 unspecified atom stereocenters. The first-order valence-corrected chi connectivity index (χ1v) is 8.46. The van der Waals surface area contributed by atoms with Gasteiger partial charge in [0.05, 0.1) is 5.69 Å². The van der Waals surface area contributed by atoms with Crippen LogP contribution < -0.4 is 5.32 Å². The van der Waals surface area contributed by atoms with E-state index in [1.54, 1.807) is 17.7 Å². The third-order valence-corrected chi connectivity index (χ3v) is 4.34. The Labute approximate surface area is 153 Å². The summed E-state index contributed by atoms with van der Waals surface area (Å²) in [6.45, 7) is 9.18. The predicted molar refractivity (Wildman–Crippen MR) is 102 cm³/mol. The average Bonchev–Trinajstić information content (AvgIpc) is 2.81. The van der Waals surface area contributed by atoms with Crippen LogP contribution in [-0.2, 0) is 21.4 Å². The molecule has 1 aromatic heterocycles. The first kappa shape index (κ1) is 19.4. The summed E-state index contributed by atoms with van der Waals surface area (Å²) in [6, 6.07) is 5.76. The van der Waals surface area contributed by atoms with E-state index < -0.39 is 12.1 Å². The van der Waals surface area contributed by atoms with E-state index in [1.807, 2.05) is 52.9 Å². The van der Waals surface area contributed by atoms with Crippen LogP contribution in [-0.4, -0.2) is 27.8 Å². The molecule has 0 fully saturated rings. The Morgan fingerprint density at radius 1 is 1.19 bits per heavy atom. The summed E-state index contributed by atoms with van der Waals surface area (Å²) < 4.78 is 6.96. The molecule has 2 rings (SSSR count). The number of aryl methyl sites for hydroxylation is 4. The predicted octanol–water partition coefficient (Wildman–Crippen LogP) is 3.24. The van der Waals surface area contributed by atoms with Gasteiger partial charge < -0.3 is 10.1 Å². The molecule has 138 valence electrons. The summed E-state index contributed by atoms with van der Waals surface area (Å²) in [7, 11) is 1.85. The van der Waals surface area contributed by atoms with Crippen molar-refractivity contribution in [2.24, 2.45) is 7.05 Å². The van der Waals surface area contributed by atoms with E-state index in [0.717, 1.165) is 33.8 Å². The topological polar surface area (TPSA) is 73.2 Å². The number of para-hydroxylation sites is 1. The molecule has 6 heteroatoms. The molecule has 0 aliphatic heterocycles. The molecule has 1 amide bonds. The number of carbonyl (C=O) groups is 2. The molecule has 0 aliphatic rings. The van der Waals surface area contributed by atoms with Gasteiger partial charge in [0.25, 0.3) is 5.91 Å². The number of aromatic nitrogens is 2. The van der Waals surface area contributed by atoms with Gasteiger partial charge in [-0.1, -0.05) is 18.2 Å². The van der Waals surface area contributed by atoms with E-state index >= 15 is 0 Å². The van der Waals surface area contributed by atoms with Crippen LogP contribution in [0, 0.1) is 27.7 Å². The molecular weight excluding hydrogens is 330 g/mol. The molecule has 0 bridgehead atoms. The van der Waals surface area contributed by atoms with Crippen molar-refractivity contribution < 1.29 is 14.3 Å². The molecule has 0 radical (unpaired) electrons. The van der Waals surface area contributed by atoms with Crippen LogP contribution in [0.2, 0.25) is 0 Å². The van der Waals surface area contributed by atoms with Crippen molar-refractivity contribution in [1.29, 1.82) is 0 Å². The number of hydrogen-bond donors (Lipinski definition) is 1. The molecule has 2 aromatic rings. The van der Waals surface area contributed by atoms with Crippen LogP contribution in [0.5, 0.6) is 0 Å². The number of nitrogens with one attached hydrogen (secondary N) is 1. The summed E-state index contributed by atoms with van der Waals surface area (Å²) in [5.74, 6) is -0.935. The summed E-state index contributed by atoms with van der Waals surface area (Å²) in [5, 5.41) is 7.12. The number of carbonyl (C=O) groups excluding carboxylic acids is 2. The van der Waals surface area contributed by atoms with Crippen molar-refractivity contribution in [2.45, 2.75) is 40.7 Å². The fraction of sp³-hybridized carbons (Fsp3) is 0.350. The molecular formula is C20H25N3O3. The van der Waals surface area contributed by atoms with Crippen LogP contribution >= 0.6 is 0 Å². The molecule has 26 heavy (non-hydrogen) atoms. The second-order valence-electron chi connectivity index (χ2n) is 6.38. The van der Waals surface area contributed by atoms with Crippen molar-refractivity contribution in [3.8, 4) is 0 Å². The van der Waals surface area contributed by atoms with Crippen molar-refractivity contribution in [1.82, 2.24) is 9.78 Å². The Bertz CT molecular complexity index is 845. The first-order valence-electron chi connectivity index (χ1n) is 8.46. The van der Waals surface area contributed by atoms with Crippen LogP contribution in [0.4, 0.5) is 5.69 Å². The fourth-order valence-electron chi connectivity index (χ4n) is 2.69. The van der Waals surface area contributed by atoms with E-state index in [2.05, 4.69) is 10.4 Å². The number of anilines is 1. The van der Waals surface area contributed by atoms with Crippen molar-refractivity contribution in [3.63, 3.8) is 0 Å². The van der Waals surface area contributed by atoms with E-state index in [9.17, 15) is 9.59 Å². The lowest BCUT2D eigenvalue weighted by molar-refractivity contribution is -0.148. The molecule has 6 nitrogen and oxygen atoms in total.